The van der Waals surface area contributed by atoms with Crippen molar-refractivity contribution in [1.29, 1.82) is 0 Å². The Kier molecular flexibility index (Phi) is 47.0. The van der Waals surface area contributed by atoms with Gasteiger partial charge in [-0.25, -0.2) is 0 Å². The number of aliphatic hydroxyl groups is 2. The van der Waals surface area contributed by atoms with Crippen LogP contribution >= 0.6 is 0 Å². The van der Waals surface area contributed by atoms with Crippen LogP contribution < -0.4 is 18.9 Å². The number of phenols is 1. The van der Waals surface area contributed by atoms with E-state index in [0.717, 1.165) is 162 Å². The number of phenolic OH excluding ortho intramolecular Hbond substituents is 1. The van der Waals surface area contributed by atoms with Gasteiger partial charge in [0.15, 0.2) is 0 Å². The molecular formula is C110H170N2O7. The fourth-order valence-corrected chi connectivity index (χ4v) is 16.2. The van der Waals surface area contributed by atoms with Crippen LogP contribution in [0.25, 0.3) is 0 Å². The number of aryl methyl sites for hydroxylation is 1. The van der Waals surface area contributed by atoms with Crippen LogP contribution in [0.3, 0.4) is 0 Å². The third-order valence-corrected chi connectivity index (χ3v) is 24.4. The topological polar surface area (TPSA) is 122 Å². The standard InChI is InChI=1S/C110H170N2O7/c1-21-26-31-36-41-46-51-56-61-66-94-86(6)79-89(84-111-87(7)109(114,96-80-90(105(9,10)11)67-71-100(96)116-75-62-57-52-47-42-37-32-27-22-2)97-81-91(106(12,13)14)68-72-101(97)117-76-63-58-53-48-43-38-33-28-23-3)104(113)95(94)85-112-88(8)110(115,98-82-92(107(15,16)17)69-73-102(98)118-77-64-59-54-49-44-39-34-29-24-4)99-83-93(108(18,19)20)70-74-103(99)119-78-65-60-55-50-45-40-35-30-25-5/h21-25,67-74,79-85,87-88,113-115H,1-5,26-66,75-78H2,6-20H3/t87-,88-/m1/s1. The van der Waals surface area contributed by atoms with E-state index in [1.807, 2.05) is 50.4 Å². The van der Waals surface area contributed by atoms with E-state index >= 15 is 0 Å². The van der Waals surface area contributed by atoms with Gasteiger partial charge in [-0.15, -0.1) is 32.9 Å². The molecule has 0 amide bonds. The van der Waals surface area contributed by atoms with Crippen molar-refractivity contribution in [3.63, 3.8) is 0 Å². The van der Waals surface area contributed by atoms with Crippen LogP contribution in [0.15, 0.2) is 152 Å². The summed E-state index contributed by atoms with van der Waals surface area (Å²) in [5, 5.41) is 43.2. The first-order valence-corrected chi connectivity index (χ1v) is 47.4. The predicted molar refractivity (Wildman–Crippen MR) is 515 cm³/mol. The number of aromatic hydroxyl groups is 1. The van der Waals surface area contributed by atoms with Crippen LogP contribution in [0.4, 0.5) is 0 Å². The lowest BCUT2D eigenvalue weighted by Crippen LogP contribution is -2.39. The quantitative estimate of drug-likeness (QED) is 0.0201. The maximum atomic E-state index is 14.9. The zero-order valence-electron chi connectivity index (χ0n) is 78.4. The Hall–Kier alpha value is -6.94. The number of ether oxygens (including phenoxy) is 4. The van der Waals surface area contributed by atoms with Crippen LogP contribution in [-0.2, 0) is 39.3 Å². The molecule has 5 aromatic carbocycles. The molecule has 3 N–H and O–H groups in total. The maximum absolute atomic E-state index is 14.9. The molecule has 119 heavy (non-hydrogen) atoms. The second kappa shape index (κ2) is 54.5. The largest absolute Gasteiger partial charge is 0.507 e. The van der Waals surface area contributed by atoms with E-state index in [1.54, 1.807) is 6.21 Å². The Morgan fingerprint density at radius 1 is 0.319 bits per heavy atom. The average Bonchev–Trinajstić information content (AvgIpc) is 0.745. The molecule has 0 saturated carbocycles. The minimum atomic E-state index is -1.84. The summed E-state index contributed by atoms with van der Waals surface area (Å²) < 4.78 is 28.0. The van der Waals surface area contributed by atoms with Gasteiger partial charge in [-0.1, -0.05) is 298 Å². The molecule has 0 fully saturated rings. The third-order valence-electron chi connectivity index (χ3n) is 24.4. The fraction of sp³-hybridized carbons (Fsp3) is 0.618. The Morgan fingerprint density at radius 3 is 0.790 bits per heavy atom. The number of benzene rings is 5. The number of nitrogens with zero attached hydrogens (tertiary/aromatic N) is 2. The molecule has 0 radical (unpaired) electrons. The van der Waals surface area contributed by atoms with Crippen LogP contribution in [0.5, 0.6) is 28.7 Å². The molecule has 0 unspecified atom stereocenters. The number of unbranched alkanes of at least 4 members (excludes halogenated alkanes) is 35. The monoisotopic (exact) mass is 1630 g/mol. The van der Waals surface area contributed by atoms with E-state index in [9.17, 15) is 15.3 Å². The zero-order valence-corrected chi connectivity index (χ0v) is 78.4. The van der Waals surface area contributed by atoms with E-state index in [-0.39, 0.29) is 27.4 Å². The van der Waals surface area contributed by atoms with Gasteiger partial charge in [-0.3, -0.25) is 9.98 Å². The van der Waals surface area contributed by atoms with Crippen molar-refractivity contribution in [2.24, 2.45) is 9.98 Å². The molecular weight excluding hydrogens is 1460 g/mol. The summed E-state index contributed by atoms with van der Waals surface area (Å²) in [5.74, 6) is 2.47. The highest BCUT2D eigenvalue weighted by Gasteiger charge is 2.46. The van der Waals surface area contributed by atoms with Crippen LogP contribution in [0.1, 0.15) is 421 Å². The van der Waals surface area contributed by atoms with Gasteiger partial charge in [0.2, 0.25) is 0 Å². The van der Waals surface area contributed by atoms with Crippen molar-refractivity contribution < 1.29 is 34.3 Å². The van der Waals surface area contributed by atoms with Gasteiger partial charge in [0.05, 0.1) is 38.5 Å². The molecule has 0 spiro atoms. The second-order valence-corrected chi connectivity index (χ2v) is 38.7. The first-order valence-electron chi connectivity index (χ1n) is 47.4. The fourth-order valence-electron chi connectivity index (χ4n) is 16.2. The van der Waals surface area contributed by atoms with E-state index < -0.39 is 23.3 Å². The minimum absolute atomic E-state index is 0.0314. The van der Waals surface area contributed by atoms with Crippen molar-refractivity contribution in [2.75, 3.05) is 26.4 Å². The summed E-state index contributed by atoms with van der Waals surface area (Å²) in [6.07, 6.45) is 59.0. The lowest BCUT2D eigenvalue weighted by atomic mass is 9.75. The molecule has 9 heteroatoms. The molecule has 0 bridgehead atoms. The summed E-state index contributed by atoms with van der Waals surface area (Å²) >= 11 is 0. The number of hydrogen-bond acceptors (Lipinski definition) is 9. The first-order chi connectivity index (χ1) is 56.9. The van der Waals surface area contributed by atoms with Gasteiger partial charge in [0.1, 0.15) is 39.9 Å². The van der Waals surface area contributed by atoms with Gasteiger partial charge in [0.25, 0.3) is 0 Å². The van der Waals surface area contributed by atoms with E-state index in [0.29, 0.717) is 89.2 Å². The van der Waals surface area contributed by atoms with E-state index in [1.165, 1.54) is 128 Å². The van der Waals surface area contributed by atoms with Crippen molar-refractivity contribution in [1.82, 2.24) is 0 Å². The predicted octanol–water partition coefficient (Wildman–Crippen LogP) is 31.0. The number of hydrogen-bond donors (Lipinski definition) is 3. The molecule has 0 heterocycles. The molecule has 5 rings (SSSR count). The third kappa shape index (κ3) is 35.1. The lowest BCUT2D eigenvalue weighted by molar-refractivity contribution is 0.0516. The molecule has 662 valence electrons. The Labute approximate surface area is 728 Å². The number of rotatable bonds is 64. The molecule has 0 aliphatic heterocycles. The summed E-state index contributed by atoms with van der Waals surface area (Å²) in [5.41, 5.74) is 4.93. The highest BCUT2D eigenvalue weighted by molar-refractivity contribution is 5.94. The van der Waals surface area contributed by atoms with E-state index in [4.69, 9.17) is 28.9 Å². The van der Waals surface area contributed by atoms with E-state index in [2.05, 4.69) is 202 Å². The van der Waals surface area contributed by atoms with Gasteiger partial charge >= 0.3 is 0 Å². The molecule has 0 aliphatic rings. The highest BCUT2D eigenvalue weighted by Crippen LogP contribution is 2.49. The molecule has 0 aliphatic carbocycles. The summed E-state index contributed by atoms with van der Waals surface area (Å²) in [6.45, 7) is 54.4. The highest BCUT2D eigenvalue weighted by atomic mass is 16.5. The van der Waals surface area contributed by atoms with Crippen molar-refractivity contribution >= 4 is 12.4 Å². The SMILES string of the molecule is C=CCCCCCCCCCOc1ccc(C(C)(C)C)cc1C(O)(c1cc(C(C)(C)C)ccc1OCCCCCCCCCC=C)[C@@H](C)N=Cc1cc(C)c(CCCCCCCCCC=C)c(C=N[C@H](C)C(O)(c2cc(C(C)(C)C)ccc2OCCCCCCCCCC=C)c2cc(C(C)(C)C)ccc2OCCCCCCCCCC=C)c1O. The van der Waals surface area contributed by atoms with Crippen LogP contribution in [0, 0.1) is 6.92 Å². The number of allylic oxidation sites excluding steroid dienone is 5. The summed E-state index contributed by atoms with van der Waals surface area (Å²) in [6, 6.07) is 25.8. The molecule has 5 aromatic rings. The van der Waals surface area contributed by atoms with Crippen molar-refractivity contribution in [3.8, 4) is 28.7 Å². The van der Waals surface area contributed by atoms with Gasteiger partial charge in [-0.2, -0.15) is 0 Å². The Bertz CT molecular complexity index is 3620. The average molecular weight is 1630 g/mol. The normalized spacial score (nSPS) is 13.0. The molecule has 0 saturated heterocycles. The Balaban J connectivity index is 1.79. The van der Waals surface area contributed by atoms with Gasteiger partial charge in [0, 0.05) is 45.8 Å². The lowest BCUT2D eigenvalue weighted by Gasteiger charge is -2.37. The molecule has 0 aromatic heterocycles. The minimum Gasteiger partial charge on any atom is -0.507 e. The zero-order chi connectivity index (χ0) is 87.2. The number of aliphatic imine (C=N–C) groups is 2. The maximum Gasteiger partial charge on any atom is 0.144 e. The second-order valence-electron chi connectivity index (χ2n) is 38.7. The molecule has 2 atom stereocenters. The van der Waals surface area contributed by atoms with Crippen LogP contribution in [-0.4, -0.2) is 66.3 Å². The van der Waals surface area contributed by atoms with Gasteiger partial charge in [-0.05, 0) is 233 Å². The van der Waals surface area contributed by atoms with Crippen LogP contribution in [0.2, 0.25) is 0 Å². The van der Waals surface area contributed by atoms with Crippen molar-refractivity contribution in [3.05, 3.63) is 209 Å². The summed E-state index contributed by atoms with van der Waals surface area (Å²) in [4.78, 5) is 11.1. The smallest absolute Gasteiger partial charge is 0.144 e. The molecule has 9 nitrogen and oxygen atoms in total. The van der Waals surface area contributed by atoms with Crippen molar-refractivity contribution in [2.45, 2.75) is 412 Å². The van der Waals surface area contributed by atoms with Gasteiger partial charge < -0.3 is 34.3 Å². The Morgan fingerprint density at radius 2 is 0.546 bits per heavy atom. The summed E-state index contributed by atoms with van der Waals surface area (Å²) in [7, 11) is 0. The first kappa shape index (κ1) is 103.